The normalized spacial score (nSPS) is 11.5. The number of likely N-dealkylation sites (N-methyl/N-ethyl adjacent to an activating group) is 1. The van der Waals surface area contributed by atoms with Crippen molar-refractivity contribution in [2.24, 2.45) is 4.99 Å². The van der Waals surface area contributed by atoms with Crippen LogP contribution in [-0.2, 0) is 10.0 Å². The number of sulfonamides is 1. The van der Waals surface area contributed by atoms with Crippen LogP contribution in [0.2, 0.25) is 0 Å². The Bertz CT molecular complexity index is 859. The third-order valence-corrected chi connectivity index (χ3v) is 5.52. The first kappa shape index (κ1) is 25.2. The molecule has 0 spiro atoms. The first-order valence-electron chi connectivity index (χ1n) is 9.08. The van der Waals surface area contributed by atoms with Crippen LogP contribution in [0.1, 0.15) is 5.56 Å². The molecule has 0 atom stereocenters. The number of halogens is 1. The van der Waals surface area contributed by atoms with E-state index in [0.29, 0.717) is 25.7 Å². The number of aryl methyl sites for hydroxylation is 1. The van der Waals surface area contributed by atoms with Crippen molar-refractivity contribution in [2.45, 2.75) is 11.8 Å². The third kappa shape index (κ3) is 8.58. The summed E-state index contributed by atoms with van der Waals surface area (Å²) in [4.78, 5) is 6.40. The first-order chi connectivity index (χ1) is 13.4. The van der Waals surface area contributed by atoms with Gasteiger partial charge in [-0.1, -0.05) is 35.9 Å². The lowest BCUT2D eigenvalue weighted by Gasteiger charge is -2.22. The number of nitrogens with zero attached hydrogens (tertiary/aromatic N) is 2. The van der Waals surface area contributed by atoms with Gasteiger partial charge in [0.15, 0.2) is 5.96 Å². The smallest absolute Gasteiger partial charge is 0.240 e. The fraction of sp³-hybridized carbons (Fsp3) is 0.350. The van der Waals surface area contributed by atoms with Crippen molar-refractivity contribution in [3.63, 3.8) is 0 Å². The number of benzene rings is 2. The summed E-state index contributed by atoms with van der Waals surface area (Å²) < 4.78 is 32.8. The number of nitrogens with one attached hydrogen (secondary N) is 2. The average Bonchev–Trinajstić information content (AvgIpc) is 2.69. The van der Waals surface area contributed by atoms with Gasteiger partial charge >= 0.3 is 0 Å². The molecule has 0 bridgehead atoms. The van der Waals surface area contributed by atoms with E-state index in [-0.39, 0.29) is 35.4 Å². The van der Waals surface area contributed by atoms with E-state index >= 15 is 0 Å². The van der Waals surface area contributed by atoms with Gasteiger partial charge in [0.1, 0.15) is 12.4 Å². The van der Waals surface area contributed by atoms with E-state index in [0.717, 1.165) is 11.3 Å². The highest BCUT2D eigenvalue weighted by atomic mass is 127. The van der Waals surface area contributed by atoms with E-state index in [1.54, 1.807) is 31.3 Å². The molecule has 160 valence electrons. The van der Waals surface area contributed by atoms with E-state index in [1.165, 1.54) is 0 Å². The second-order valence-corrected chi connectivity index (χ2v) is 8.03. The standard InChI is InChI=1S/C20H28N4O3S.HI/c1-17-9-11-19(12-10-17)28(25,26)23-14-13-22-20(21-2)24(3)15-16-27-18-7-5-4-6-8-18;/h4-12,23H,13-16H2,1-3H3,(H,21,22);1H. The number of para-hydroxylation sites is 1. The number of rotatable bonds is 9. The highest BCUT2D eigenvalue weighted by Crippen LogP contribution is 2.09. The average molecular weight is 532 g/mol. The molecule has 0 unspecified atom stereocenters. The lowest BCUT2D eigenvalue weighted by atomic mass is 10.2. The van der Waals surface area contributed by atoms with Gasteiger partial charge < -0.3 is 15.0 Å². The molecule has 0 aliphatic carbocycles. The van der Waals surface area contributed by atoms with E-state index < -0.39 is 10.0 Å². The van der Waals surface area contributed by atoms with Gasteiger partial charge in [-0.3, -0.25) is 4.99 Å². The topological polar surface area (TPSA) is 83.0 Å². The van der Waals surface area contributed by atoms with Crippen molar-refractivity contribution < 1.29 is 13.2 Å². The maximum Gasteiger partial charge on any atom is 0.240 e. The summed E-state index contributed by atoms with van der Waals surface area (Å²) in [6, 6.07) is 16.4. The monoisotopic (exact) mass is 532 g/mol. The second kappa shape index (κ2) is 12.7. The summed E-state index contributed by atoms with van der Waals surface area (Å²) in [5.41, 5.74) is 1.02. The molecule has 0 aromatic heterocycles. The van der Waals surface area contributed by atoms with Crippen LogP contribution in [0.5, 0.6) is 5.75 Å². The fourth-order valence-electron chi connectivity index (χ4n) is 2.47. The molecule has 7 nitrogen and oxygen atoms in total. The molecule has 0 saturated carbocycles. The highest BCUT2D eigenvalue weighted by Gasteiger charge is 2.13. The minimum Gasteiger partial charge on any atom is -0.492 e. The van der Waals surface area contributed by atoms with E-state index in [2.05, 4.69) is 15.0 Å². The van der Waals surface area contributed by atoms with Crippen LogP contribution in [0.4, 0.5) is 0 Å². The molecule has 0 aliphatic rings. The van der Waals surface area contributed by atoms with Crippen LogP contribution in [0, 0.1) is 6.92 Å². The van der Waals surface area contributed by atoms with Gasteiger partial charge in [-0.2, -0.15) is 0 Å². The molecule has 9 heteroatoms. The molecule has 2 aromatic carbocycles. The van der Waals surface area contributed by atoms with E-state index in [4.69, 9.17) is 4.74 Å². The minimum atomic E-state index is -3.51. The SMILES string of the molecule is CN=C(NCCNS(=O)(=O)c1ccc(C)cc1)N(C)CCOc1ccccc1.I. The van der Waals surface area contributed by atoms with Crippen molar-refractivity contribution in [1.82, 2.24) is 14.9 Å². The van der Waals surface area contributed by atoms with Crippen molar-refractivity contribution in [3.05, 3.63) is 60.2 Å². The Morgan fingerprint density at radius 2 is 1.72 bits per heavy atom. The molecule has 0 radical (unpaired) electrons. The summed E-state index contributed by atoms with van der Waals surface area (Å²) in [5.74, 6) is 1.50. The van der Waals surface area contributed by atoms with E-state index in [9.17, 15) is 8.42 Å². The number of hydrogen-bond donors (Lipinski definition) is 2. The Kier molecular flexibility index (Phi) is 11.0. The van der Waals surface area contributed by atoms with Crippen LogP contribution >= 0.6 is 24.0 Å². The Morgan fingerprint density at radius 1 is 1.07 bits per heavy atom. The highest BCUT2D eigenvalue weighted by molar-refractivity contribution is 14.0. The third-order valence-electron chi connectivity index (χ3n) is 4.04. The fourth-order valence-corrected chi connectivity index (χ4v) is 3.50. The minimum absolute atomic E-state index is 0. The summed E-state index contributed by atoms with van der Waals surface area (Å²) in [6.07, 6.45) is 0. The molecule has 0 heterocycles. The second-order valence-electron chi connectivity index (χ2n) is 6.27. The molecule has 29 heavy (non-hydrogen) atoms. The molecule has 0 fully saturated rings. The first-order valence-corrected chi connectivity index (χ1v) is 10.6. The largest absolute Gasteiger partial charge is 0.492 e. The summed E-state index contributed by atoms with van der Waals surface area (Å²) in [7, 11) is 0.0805. The Morgan fingerprint density at radius 3 is 2.34 bits per heavy atom. The predicted molar refractivity (Wildman–Crippen MR) is 128 cm³/mol. The maximum absolute atomic E-state index is 12.3. The lowest BCUT2D eigenvalue weighted by molar-refractivity contribution is 0.281. The number of aliphatic imine (C=N–C) groups is 1. The molecule has 0 amide bonds. The Balaban J connectivity index is 0.00000420. The van der Waals surface area contributed by atoms with Gasteiger partial charge in [-0.25, -0.2) is 13.1 Å². The number of guanidine groups is 1. The van der Waals surface area contributed by atoms with Gasteiger partial charge in [0.2, 0.25) is 10.0 Å². The zero-order valence-corrected chi connectivity index (χ0v) is 20.1. The van der Waals surface area contributed by atoms with Crippen molar-refractivity contribution in [2.75, 3.05) is 40.3 Å². The van der Waals surface area contributed by atoms with Crippen molar-refractivity contribution in [1.29, 1.82) is 0 Å². The van der Waals surface area contributed by atoms with E-state index in [1.807, 2.05) is 49.2 Å². The lowest BCUT2D eigenvalue weighted by Crippen LogP contribution is -2.43. The maximum atomic E-state index is 12.3. The van der Waals surface area contributed by atoms with Gasteiger partial charge in [0.05, 0.1) is 11.4 Å². The Labute approximate surface area is 190 Å². The van der Waals surface area contributed by atoms with Crippen LogP contribution in [0.15, 0.2) is 64.5 Å². The predicted octanol–water partition coefficient (Wildman–Crippen LogP) is 2.48. The Hall–Kier alpha value is -1.85. The van der Waals surface area contributed by atoms with Crippen LogP contribution in [-0.4, -0.2) is 59.6 Å². The zero-order valence-electron chi connectivity index (χ0n) is 17.0. The van der Waals surface area contributed by atoms with Gasteiger partial charge in [-0.15, -0.1) is 24.0 Å². The molecule has 2 rings (SSSR count). The van der Waals surface area contributed by atoms with Crippen LogP contribution in [0.3, 0.4) is 0 Å². The summed E-state index contributed by atoms with van der Waals surface area (Å²) in [5, 5.41) is 3.14. The van der Waals surface area contributed by atoms with Gasteiger partial charge in [0.25, 0.3) is 0 Å². The zero-order chi connectivity index (χ0) is 20.4. The molecule has 2 aromatic rings. The molecule has 0 saturated heterocycles. The summed E-state index contributed by atoms with van der Waals surface area (Å²) in [6.45, 7) is 3.75. The molecule has 2 N–H and O–H groups in total. The van der Waals surface area contributed by atoms with Crippen molar-refractivity contribution in [3.8, 4) is 5.75 Å². The summed E-state index contributed by atoms with van der Waals surface area (Å²) >= 11 is 0. The number of ether oxygens (including phenoxy) is 1. The molecular formula is C20H29IN4O3S. The molecule has 0 aliphatic heterocycles. The van der Waals surface area contributed by atoms with Crippen LogP contribution in [0.25, 0.3) is 0 Å². The van der Waals surface area contributed by atoms with Gasteiger partial charge in [-0.05, 0) is 31.2 Å². The van der Waals surface area contributed by atoms with Crippen LogP contribution < -0.4 is 14.8 Å². The van der Waals surface area contributed by atoms with Gasteiger partial charge in [0, 0.05) is 27.2 Å². The molecular weight excluding hydrogens is 503 g/mol. The van der Waals surface area contributed by atoms with Crippen molar-refractivity contribution >= 4 is 40.0 Å². The quantitative estimate of drug-likeness (QED) is 0.225. The number of hydrogen-bond acceptors (Lipinski definition) is 4.